The third-order valence-electron chi connectivity index (χ3n) is 2.10. The van der Waals surface area contributed by atoms with E-state index >= 15 is 0 Å². The maximum absolute atomic E-state index is 13.2. The molecule has 0 bridgehead atoms. The molecule has 2 aromatic rings. The molecule has 1 heterocycles. The van der Waals surface area contributed by atoms with Crippen LogP contribution in [-0.2, 0) is 0 Å². The van der Waals surface area contributed by atoms with Crippen molar-refractivity contribution in [1.82, 2.24) is 9.78 Å². The van der Waals surface area contributed by atoms with E-state index in [2.05, 4.69) is 21.0 Å². The summed E-state index contributed by atoms with van der Waals surface area (Å²) in [5, 5.41) is 4.06. The molecule has 1 aromatic carbocycles. The highest BCUT2D eigenvalue weighted by Crippen LogP contribution is 2.23. The summed E-state index contributed by atoms with van der Waals surface area (Å²) in [6.45, 7) is 1.82. The topological polar surface area (TPSA) is 43.8 Å². The lowest BCUT2D eigenvalue weighted by molar-refractivity contribution is 0.619. The molecule has 0 radical (unpaired) electrons. The van der Waals surface area contributed by atoms with E-state index in [1.54, 1.807) is 23.0 Å². The van der Waals surface area contributed by atoms with Crippen LogP contribution < -0.4 is 5.73 Å². The first kappa shape index (κ1) is 10.2. The predicted molar refractivity (Wildman–Crippen MR) is 60.4 cm³/mol. The van der Waals surface area contributed by atoms with Gasteiger partial charge in [0, 0.05) is 12.3 Å². The zero-order valence-electron chi connectivity index (χ0n) is 8.04. The normalized spacial score (nSPS) is 10.6. The van der Waals surface area contributed by atoms with Gasteiger partial charge in [-0.05, 0) is 40.5 Å². The summed E-state index contributed by atoms with van der Waals surface area (Å²) in [5.74, 6) is 0.159. The molecule has 0 aliphatic carbocycles. The molecule has 0 spiro atoms. The van der Waals surface area contributed by atoms with Crippen molar-refractivity contribution in [3.05, 3.63) is 40.2 Å². The molecule has 78 valence electrons. The van der Waals surface area contributed by atoms with Crippen LogP contribution in [0, 0.1) is 12.7 Å². The molecule has 0 aliphatic rings. The molecule has 15 heavy (non-hydrogen) atoms. The number of nitrogen functional groups attached to an aromatic ring is 1. The summed E-state index contributed by atoms with van der Waals surface area (Å²) in [6.07, 6.45) is 1.74. The van der Waals surface area contributed by atoms with E-state index in [1.165, 1.54) is 6.07 Å². The monoisotopic (exact) mass is 269 g/mol. The van der Waals surface area contributed by atoms with Crippen molar-refractivity contribution in [2.45, 2.75) is 6.92 Å². The molecule has 0 aliphatic heterocycles. The maximum Gasteiger partial charge on any atom is 0.145 e. The summed E-state index contributed by atoms with van der Waals surface area (Å²) in [7, 11) is 0. The predicted octanol–water partition coefficient (Wildman–Crippen LogP) is 2.66. The first-order valence-electron chi connectivity index (χ1n) is 4.35. The molecule has 1 aromatic heterocycles. The van der Waals surface area contributed by atoms with Gasteiger partial charge in [0.05, 0.1) is 10.2 Å². The van der Waals surface area contributed by atoms with Gasteiger partial charge in [-0.3, -0.25) is 0 Å². The molecular weight excluding hydrogens is 261 g/mol. The number of halogens is 2. The van der Waals surface area contributed by atoms with Crippen LogP contribution in [-0.4, -0.2) is 9.78 Å². The van der Waals surface area contributed by atoms with E-state index in [0.29, 0.717) is 10.3 Å². The van der Waals surface area contributed by atoms with Crippen LogP contribution in [0.2, 0.25) is 0 Å². The largest absolute Gasteiger partial charge is 0.382 e. The Hall–Kier alpha value is -1.36. The Kier molecular flexibility index (Phi) is 2.48. The van der Waals surface area contributed by atoms with Gasteiger partial charge in [0.25, 0.3) is 0 Å². The second-order valence-electron chi connectivity index (χ2n) is 3.24. The van der Waals surface area contributed by atoms with Crippen LogP contribution in [0.1, 0.15) is 5.56 Å². The van der Waals surface area contributed by atoms with Crippen molar-refractivity contribution in [2.24, 2.45) is 0 Å². The van der Waals surface area contributed by atoms with Gasteiger partial charge < -0.3 is 5.73 Å². The Morgan fingerprint density at radius 3 is 2.80 bits per heavy atom. The fourth-order valence-electron chi connectivity index (χ4n) is 1.35. The van der Waals surface area contributed by atoms with E-state index in [1.807, 2.05) is 6.92 Å². The van der Waals surface area contributed by atoms with Crippen LogP contribution in [0.25, 0.3) is 5.69 Å². The van der Waals surface area contributed by atoms with Crippen molar-refractivity contribution >= 4 is 21.7 Å². The van der Waals surface area contributed by atoms with Gasteiger partial charge in [-0.2, -0.15) is 5.10 Å². The van der Waals surface area contributed by atoms with Gasteiger partial charge in [0.15, 0.2) is 0 Å². The Morgan fingerprint density at radius 2 is 2.20 bits per heavy atom. The minimum absolute atomic E-state index is 0.281. The minimum Gasteiger partial charge on any atom is -0.382 e. The van der Waals surface area contributed by atoms with Crippen LogP contribution in [0.15, 0.2) is 28.9 Å². The molecule has 2 rings (SSSR count). The van der Waals surface area contributed by atoms with Crippen molar-refractivity contribution in [1.29, 1.82) is 0 Å². The van der Waals surface area contributed by atoms with Crippen LogP contribution >= 0.6 is 15.9 Å². The summed E-state index contributed by atoms with van der Waals surface area (Å²) in [6, 6.07) is 4.82. The second kappa shape index (κ2) is 3.66. The Morgan fingerprint density at radius 1 is 1.47 bits per heavy atom. The molecular formula is C10H9BrFN3. The number of hydrogen-bond acceptors (Lipinski definition) is 2. The molecule has 0 amide bonds. The van der Waals surface area contributed by atoms with E-state index in [9.17, 15) is 4.39 Å². The number of rotatable bonds is 1. The third kappa shape index (κ3) is 1.87. The van der Waals surface area contributed by atoms with Crippen molar-refractivity contribution < 1.29 is 4.39 Å². The lowest BCUT2D eigenvalue weighted by Gasteiger charge is -2.06. The van der Waals surface area contributed by atoms with Gasteiger partial charge in [-0.1, -0.05) is 0 Å². The highest BCUT2D eigenvalue weighted by atomic mass is 79.9. The highest BCUT2D eigenvalue weighted by Gasteiger charge is 2.07. The Labute approximate surface area is 94.8 Å². The highest BCUT2D eigenvalue weighted by molar-refractivity contribution is 9.10. The molecule has 0 saturated carbocycles. The van der Waals surface area contributed by atoms with Crippen molar-refractivity contribution in [3.8, 4) is 5.69 Å². The Bertz CT molecular complexity index is 507. The average molecular weight is 270 g/mol. The Balaban J connectivity index is 2.58. The van der Waals surface area contributed by atoms with Crippen LogP contribution in [0.5, 0.6) is 0 Å². The van der Waals surface area contributed by atoms with E-state index in [4.69, 9.17) is 5.73 Å². The second-order valence-corrected chi connectivity index (χ2v) is 4.09. The van der Waals surface area contributed by atoms with Crippen LogP contribution in [0.3, 0.4) is 0 Å². The SMILES string of the molecule is Cc1cc(F)c(Br)cc1-n1ccc(N)n1. The van der Waals surface area contributed by atoms with E-state index in [-0.39, 0.29) is 5.82 Å². The van der Waals surface area contributed by atoms with Gasteiger partial charge in [0.2, 0.25) is 0 Å². The lowest BCUT2D eigenvalue weighted by atomic mass is 10.2. The lowest BCUT2D eigenvalue weighted by Crippen LogP contribution is -1.99. The molecule has 3 nitrogen and oxygen atoms in total. The van der Waals surface area contributed by atoms with Gasteiger partial charge in [0.1, 0.15) is 11.6 Å². The fraction of sp³-hybridized carbons (Fsp3) is 0.100. The molecule has 0 saturated heterocycles. The van der Waals surface area contributed by atoms with Crippen molar-refractivity contribution in [3.63, 3.8) is 0 Å². The molecule has 2 N–H and O–H groups in total. The number of benzene rings is 1. The van der Waals surface area contributed by atoms with Crippen LogP contribution in [0.4, 0.5) is 10.2 Å². The molecule has 0 fully saturated rings. The fourth-order valence-corrected chi connectivity index (χ4v) is 1.69. The maximum atomic E-state index is 13.2. The number of hydrogen-bond donors (Lipinski definition) is 1. The molecule has 0 unspecified atom stereocenters. The summed E-state index contributed by atoms with van der Waals surface area (Å²) in [4.78, 5) is 0. The molecule has 5 heteroatoms. The minimum atomic E-state index is -0.281. The number of nitrogens with two attached hydrogens (primary N) is 1. The number of aryl methyl sites for hydroxylation is 1. The van der Waals surface area contributed by atoms with E-state index in [0.717, 1.165) is 11.3 Å². The van der Waals surface area contributed by atoms with Gasteiger partial charge in [-0.15, -0.1) is 0 Å². The average Bonchev–Trinajstić information content (AvgIpc) is 2.58. The standard InChI is InChI=1S/C10H9BrFN3/c1-6-4-8(12)7(11)5-9(6)15-3-2-10(13)14-15/h2-5H,1H3,(H2,13,14). The smallest absolute Gasteiger partial charge is 0.145 e. The summed E-state index contributed by atoms with van der Waals surface area (Å²) < 4.78 is 15.2. The van der Waals surface area contributed by atoms with Gasteiger partial charge in [-0.25, -0.2) is 9.07 Å². The first-order valence-corrected chi connectivity index (χ1v) is 5.14. The number of anilines is 1. The summed E-state index contributed by atoms with van der Waals surface area (Å²) in [5.41, 5.74) is 7.13. The zero-order chi connectivity index (χ0) is 11.0. The van der Waals surface area contributed by atoms with Crippen molar-refractivity contribution in [2.75, 3.05) is 5.73 Å². The third-order valence-corrected chi connectivity index (χ3v) is 2.70. The zero-order valence-corrected chi connectivity index (χ0v) is 9.62. The van der Waals surface area contributed by atoms with E-state index < -0.39 is 0 Å². The molecule has 0 atom stereocenters. The summed E-state index contributed by atoms with van der Waals surface area (Å²) >= 11 is 3.14. The van der Waals surface area contributed by atoms with Gasteiger partial charge >= 0.3 is 0 Å². The quantitative estimate of drug-likeness (QED) is 0.865. The number of aromatic nitrogens is 2. The number of nitrogens with zero attached hydrogens (tertiary/aromatic N) is 2. The first-order chi connectivity index (χ1) is 7.08.